The number of aliphatic hydroxyl groups excluding tert-OH is 1. The third kappa shape index (κ3) is 8.06. The summed E-state index contributed by atoms with van der Waals surface area (Å²) < 4.78 is 5.16. The molecular formula is C20H34N2O4. The van der Waals surface area contributed by atoms with Gasteiger partial charge in [0.15, 0.2) is 0 Å². The van der Waals surface area contributed by atoms with E-state index in [0.29, 0.717) is 32.4 Å². The summed E-state index contributed by atoms with van der Waals surface area (Å²) in [5.74, 6) is 0. The van der Waals surface area contributed by atoms with Crippen molar-refractivity contribution in [1.29, 1.82) is 0 Å². The maximum Gasteiger partial charge on any atom is 0.407 e. The van der Waals surface area contributed by atoms with Crippen molar-refractivity contribution in [1.82, 2.24) is 5.32 Å². The molecule has 1 unspecified atom stereocenters. The fourth-order valence-corrected chi connectivity index (χ4v) is 2.41. The van der Waals surface area contributed by atoms with Crippen LogP contribution in [0.4, 0.5) is 10.5 Å². The summed E-state index contributed by atoms with van der Waals surface area (Å²) >= 11 is 0. The molecule has 148 valence electrons. The maximum atomic E-state index is 11.6. The number of rotatable bonds is 9. The summed E-state index contributed by atoms with van der Waals surface area (Å²) in [7, 11) is 0. The first-order valence-electron chi connectivity index (χ1n) is 9.29. The second-order valence-electron chi connectivity index (χ2n) is 7.64. The molecule has 0 aliphatic rings. The number of alkyl carbamates (subject to hydrolysis) is 1. The molecule has 4 N–H and O–H groups in total. The van der Waals surface area contributed by atoms with Gasteiger partial charge in [0, 0.05) is 18.8 Å². The van der Waals surface area contributed by atoms with Crippen molar-refractivity contribution >= 4 is 11.8 Å². The average Bonchev–Trinajstić information content (AvgIpc) is 2.58. The third-order valence-corrected chi connectivity index (χ3v) is 4.30. The van der Waals surface area contributed by atoms with E-state index in [1.807, 2.05) is 38.1 Å². The van der Waals surface area contributed by atoms with Crippen LogP contribution in [0.1, 0.15) is 65.5 Å². The quantitative estimate of drug-likeness (QED) is 0.536. The van der Waals surface area contributed by atoms with Crippen molar-refractivity contribution in [2.75, 3.05) is 18.4 Å². The topological polar surface area (TPSA) is 90.8 Å². The molecule has 0 aliphatic carbocycles. The number of anilines is 1. The Hall–Kier alpha value is -1.79. The van der Waals surface area contributed by atoms with E-state index < -0.39 is 23.4 Å². The highest BCUT2D eigenvalue weighted by Crippen LogP contribution is 2.22. The number of benzene rings is 1. The van der Waals surface area contributed by atoms with Crippen LogP contribution in [0.2, 0.25) is 0 Å². The first kappa shape index (κ1) is 22.3. The SMILES string of the molecule is CCC(O)(CC)CNc1cccc(C(O)CCNC(=O)OC(C)(C)C)c1. The van der Waals surface area contributed by atoms with Crippen LogP contribution in [0.3, 0.4) is 0 Å². The Morgan fingerprint density at radius 1 is 1.23 bits per heavy atom. The van der Waals surface area contributed by atoms with Gasteiger partial charge in [-0.05, 0) is 57.7 Å². The molecule has 0 bridgehead atoms. The molecule has 0 aliphatic heterocycles. The van der Waals surface area contributed by atoms with Gasteiger partial charge in [-0.3, -0.25) is 0 Å². The van der Waals surface area contributed by atoms with Crippen LogP contribution in [0.15, 0.2) is 24.3 Å². The zero-order valence-electron chi connectivity index (χ0n) is 16.6. The van der Waals surface area contributed by atoms with Gasteiger partial charge in [-0.15, -0.1) is 0 Å². The molecule has 0 spiro atoms. The van der Waals surface area contributed by atoms with Gasteiger partial charge in [0.05, 0.1) is 11.7 Å². The second-order valence-corrected chi connectivity index (χ2v) is 7.64. The first-order valence-corrected chi connectivity index (χ1v) is 9.29. The van der Waals surface area contributed by atoms with E-state index in [9.17, 15) is 15.0 Å². The van der Waals surface area contributed by atoms with E-state index in [-0.39, 0.29) is 0 Å². The Balaban J connectivity index is 2.52. The fraction of sp³-hybridized carbons (Fsp3) is 0.650. The Bertz CT molecular complexity index is 565. The molecule has 1 amide bonds. The van der Waals surface area contributed by atoms with Gasteiger partial charge in [0.2, 0.25) is 0 Å². The number of carbonyl (C=O) groups is 1. The predicted molar refractivity (Wildman–Crippen MR) is 104 cm³/mol. The van der Waals surface area contributed by atoms with Gasteiger partial charge in [-0.2, -0.15) is 0 Å². The van der Waals surface area contributed by atoms with E-state index in [2.05, 4.69) is 10.6 Å². The van der Waals surface area contributed by atoms with Gasteiger partial charge in [-0.25, -0.2) is 4.79 Å². The van der Waals surface area contributed by atoms with Gasteiger partial charge >= 0.3 is 6.09 Å². The van der Waals surface area contributed by atoms with Crippen LogP contribution >= 0.6 is 0 Å². The smallest absolute Gasteiger partial charge is 0.407 e. The normalized spacial score (nSPS) is 13.2. The predicted octanol–water partition coefficient (Wildman–Crippen LogP) is 3.60. The molecule has 1 aromatic rings. The number of hydrogen-bond donors (Lipinski definition) is 4. The van der Waals surface area contributed by atoms with E-state index >= 15 is 0 Å². The minimum absolute atomic E-state index is 0.319. The number of hydrogen-bond acceptors (Lipinski definition) is 5. The lowest BCUT2D eigenvalue weighted by molar-refractivity contribution is 0.0456. The Kier molecular flexibility index (Phi) is 8.37. The van der Waals surface area contributed by atoms with Crippen molar-refractivity contribution in [2.45, 2.75) is 71.2 Å². The number of carbonyl (C=O) groups excluding carboxylic acids is 1. The standard InChI is InChI=1S/C20H34N2O4/c1-6-20(25,7-2)14-22-16-10-8-9-15(13-16)17(23)11-12-21-18(24)26-19(3,4)5/h8-10,13,17,22-23,25H,6-7,11-12,14H2,1-5H3,(H,21,24). The summed E-state index contributed by atoms with van der Waals surface area (Å²) in [6.45, 7) is 10.1. The molecule has 0 fully saturated rings. The minimum atomic E-state index is -0.730. The highest BCUT2D eigenvalue weighted by molar-refractivity contribution is 5.67. The Morgan fingerprint density at radius 2 is 1.88 bits per heavy atom. The molecule has 1 rings (SSSR count). The van der Waals surface area contributed by atoms with Crippen molar-refractivity contribution in [2.24, 2.45) is 0 Å². The second kappa shape index (κ2) is 9.78. The average molecular weight is 367 g/mol. The zero-order chi connectivity index (χ0) is 19.8. The molecule has 0 radical (unpaired) electrons. The first-order chi connectivity index (χ1) is 12.1. The van der Waals surface area contributed by atoms with Crippen molar-refractivity contribution < 1.29 is 19.7 Å². The zero-order valence-corrected chi connectivity index (χ0v) is 16.6. The summed E-state index contributed by atoms with van der Waals surface area (Å²) in [5, 5.41) is 26.6. The van der Waals surface area contributed by atoms with Crippen LogP contribution in [0.25, 0.3) is 0 Å². The number of aliphatic hydroxyl groups is 2. The summed E-state index contributed by atoms with van der Waals surface area (Å²) in [4.78, 5) is 11.6. The van der Waals surface area contributed by atoms with E-state index in [0.717, 1.165) is 11.3 Å². The molecule has 0 saturated carbocycles. The van der Waals surface area contributed by atoms with Crippen molar-refractivity contribution in [3.8, 4) is 0 Å². The summed E-state index contributed by atoms with van der Waals surface area (Å²) in [5.41, 5.74) is 0.340. The molecule has 1 aromatic carbocycles. The number of ether oxygens (including phenoxy) is 1. The highest BCUT2D eigenvalue weighted by Gasteiger charge is 2.21. The van der Waals surface area contributed by atoms with Crippen molar-refractivity contribution in [3.05, 3.63) is 29.8 Å². The number of amides is 1. The van der Waals surface area contributed by atoms with Crippen LogP contribution in [-0.2, 0) is 4.74 Å². The molecule has 0 heterocycles. The largest absolute Gasteiger partial charge is 0.444 e. The van der Waals surface area contributed by atoms with Crippen molar-refractivity contribution in [3.63, 3.8) is 0 Å². The summed E-state index contributed by atoms with van der Waals surface area (Å²) in [6.07, 6.45) is 0.558. The van der Waals surface area contributed by atoms with Gasteiger partial charge in [-0.1, -0.05) is 26.0 Å². The van der Waals surface area contributed by atoms with Crippen LogP contribution < -0.4 is 10.6 Å². The Morgan fingerprint density at radius 3 is 2.46 bits per heavy atom. The highest BCUT2D eigenvalue weighted by atomic mass is 16.6. The molecular weight excluding hydrogens is 332 g/mol. The fourth-order valence-electron chi connectivity index (χ4n) is 2.41. The molecule has 0 saturated heterocycles. The Labute approximate surface area is 157 Å². The van der Waals surface area contributed by atoms with Crippen LogP contribution in [0.5, 0.6) is 0 Å². The van der Waals surface area contributed by atoms with E-state index in [1.165, 1.54) is 0 Å². The maximum absolute atomic E-state index is 11.6. The van der Waals surface area contributed by atoms with Gasteiger partial charge in [0.1, 0.15) is 5.60 Å². The minimum Gasteiger partial charge on any atom is -0.444 e. The lowest BCUT2D eigenvalue weighted by Crippen LogP contribution is -2.35. The molecule has 26 heavy (non-hydrogen) atoms. The monoisotopic (exact) mass is 366 g/mol. The van der Waals surface area contributed by atoms with Crippen LogP contribution in [0, 0.1) is 0 Å². The number of nitrogens with one attached hydrogen (secondary N) is 2. The molecule has 6 nitrogen and oxygen atoms in total. The third-order valence-electron chi connectivity index (χ3n) is 4.30. The molecule has 0 aromatic heterocycles. The molecule has 6 heteroatoms. The van der Waals surface area contributed by atoms with E-state index in [4.69, 9.17) is 4.74 Å². The molecule has 1 atom stereocenters. The lowest BCUT2D eigenvalue weighted by Gasteiger charge is -2.26. The van der Waals surface area contributed by atoms with E-state index in [1.54, 1.807) is 20.8 Å². The van der Waals surface area contributed by atoms with Crippen LogP contribution in [-0.4, -0.2) is 40.6 Å². The van der Waals surface area contributed by atoms with Gasteiger partial charge in [0.25, 0.3) is 0 Å². The lowest BCUT2D eigenvalue weighted by atomic mass is 9.97. The summed E-state index contributed by atoms with van der Waals surface area (Å²) in [6, 6.07) is 7.47. The van der Waals surface area contributed by atoms with Gasteiger partial charge < -0.3 is 25.6 Å².